The van der Waals surface area contributed by atoms with Crippen LogP contribution >= 0.6 is 0 Å². The Labute approximate surface area is 246 Å². The van der Waals surface area contributed by atoms with Crippen LogP contribution in [0.2, 0.25) is 0 Å². The highest BCUT2D eigenvalue weighted by Crippen LogP contribution is 2.38. The first kappa shape index (κ1) is 29.2. The molecular weight excluding hydrogens is 587 g/mol. The van der Waals surface area contributed by atoms with Crippen LogP contribution in [0, 0.1) is 12.8 Å². The number of pyridine rings is 2. The van der Waals surface area contributed by atoms with Gasteiger partial charge in [-0.1, -0.05) is 0 Å². The van der Waals surface area contributed by atoms with Gasteiger partial charge in [-0.2, -0.15) is 13.1 Å². The molecule has 5 heterocycles. The summed E-state index contributed by atoms with van der Waals surface area (Å²) >= 11 is 0. The molecule has 43 heavy (non-hydrogen) atoms. The van der Waals surface area contributed by atoms with Gasteiger partial charge in [0.25, 0.3) is 5.91 Å². The Morgan fingerprint density at radius 1 is 1.21 bits per heavy atom. The number of sulfonamides is 1. The fraction of sp³-hybridized carbons (Fsp3) is 0.464. The minimum Gasteiger partial charge on any atom is -0.482 e. The number of carbonyl (C=O) groups is 1. The third-order valence-electron chi connectivity index (χ3n) is 7.89. The molecule has 1 aliphatic heterocycles. The van der Waals surface area contributed by atoms with E-state index in [0.717, 1.165) is 12.8 Å². The van der Waals surface area contributed by atoms with Crippen molar-refractivity contribution < 1.29 is 31.1 Å². The van der Waals surface area contributed by atoms with Crippen LogP contribution < -0.4 is 19.7 Å². The van der Waals surface area contributed by atoms with Gasteiger partial charge in [0.05, 0.1) is 24.8 Å². The van der Waals surface area contributed by atoms with E-state index in [1.165, 1.54) is 13.2 Å². The van der Waals surface area contributed by atoms with Crippen LogP contribution in [0.1, 0.15) is 35.3 Å². The number of ether oxygens (including phenoxy) is 1. The van der Waals surface area contributed by atoms with Gasteiger partial charge in [-0.25, -0.2) is 22.8 Å². The van der Waals surface area contributed by atoms with Crippen molar-refractivity contribution in [3.63, 3.8) is 0 Å². The van der Waals surface area contributed by atoms with Gasteiger partial charge in [0.2, 0.25) is 10.0 Å². The first-order chi connectivity index (χ1) is 20.4. The van der Waals surface area contributed by atoms with E-state index in [4.69, 9.17) is 9.72 Å². The monoisotopic (exact) mass is 619 g/mol. The van der Waals surface area contributed by atoms with Gasteiger partial charge in [-0.05, 0) is 49.9 Å². The van der Waals surface area contributed by atoms with E-state index in [9.17, 15) is 26.4 Å². The highest BCUT2D eigenvalue weighted by Gasteiger charge is 2.31. The van der Waals surface area contributed by atoms with Gasteiger partial charge in [0.15, 0.2) is 5.88 Å². The van der Waals surface area contributed by atoms with Crippen LogP contribution in [-0.2, 0) is 16.6 Å². The van der Waals surface area contributed by atoms with E-state index in [1.807, 2.05) is 17.6 Å². The molecule has 1 aliphatic carbocycles. The summed E-state index contributed by atoms with van der Waals surface area (Å²) in [7, 11) is -2.80. The standard InChI is InChI=1S/C28H32F3N7O4S/c1-15-25(34-23-9-18(10-24(42-2)37(15)23)27(39)33-20-11-19(29)12-32-13-20)21-8-17-6-7-22(38(28(30)31)43(3,40)41)35-26(17)36(21)14-16-4-5-16/h6-10,16,19-20,28,32H,4-5,11-14H2,1-3H3,(H,33,39)/t19-,20-/m1/s1. The average Bonchev–Trinajstić information content (AvgIpc) is 3.61. The normalized spacial score (nSPS) is 19.3. The minimum atomic E-state index is -4.28. The molecule has 0 unspecified atom stereocenters. The third-order valence-corrected chi connectivity index (χ3v) is 8.95. The lowest BCUT2D eigenvalue weighted by molar-refractivity contribution is 0.0918. The van der Waals surface area contributed by atoms with Crippen molar-refractivity contribution in [1.82, 2.24) is 29.6 Å². The molecule has 1 amide bonds. The number of piperidine rings is 1. The Balaban J connectivity index is 1.44. The summed E-state index contributed by atoms with van der Waals surface area (Å²) < 4.78 is 75.0. The van der Waals surface area contributed by atoms with E-state index in [-0.39, 0.29) is 35.0 Å². The number of hydrogen-bond donors (Lipinski definition) is 2. The topological polar surface area (TPSA) is 123 Å². The number of nitrogens with zero attached hydrogens (tertiary/aromatic N) is 5. The number of anilines is 1. The maximum atomic E-state index is 13.8. The number of aromatic nitrogens is 4. The van der Waals surface area contributed by atoms with Crippen LogP contribution in [0.3, 0.4) is 0 Å². The molecule has 0 bridgehead atoms. The Morgan fingerprint density at radius 2 is 1.98 bits per heavy atom. The zero-order valence-corrected chi connectivity index (χ0v) is 24.7. The molecule has 2 fully saturated rings. The minimum absolute atomic E-state index is 0.00525. The van der Waals surface area contributed by atoms with Crippen LogP contribution in [0.4, 0.5) is 19.0 Å². The molecule has 0 spiro atoms. The molecule has 11 nitrogen and oxygen atoms in total. The highest BCUT2D eigenvalue weighted by atomic mass is 32.2. The van der Waals surface area contributed by atoms with Gasteiger partial charge in [-0.3, -0.25) is 9.20 Å². The number of fused-ring (bicyclic) bond motifs is 2. The first-order valence-corrected chi connectivity index (χ1v) is 15.8. The van der Waals surface area contributed by atoms with E-state index >= 15 is 0 Å². The molecule has 2 N–H and O–H groups in total. The van der Waals surface area contributed by atoms with Crippen molar-refractivity contribution in [2.75, 3.05) is 30.8 Å². The number of carbonyl (C=O) groups excluding carboxylic acids is 1. The maximum absolute atomic E-state index is 13.8. The molecule has 2 atom stereocenters. The summed E-state index contributed by atoms with van der Waals surface area (Å²) in [6.07, 6.45) is 1.91. The summed E-state index contributed by atoms with van der Waals surface area (Å²) in [6.45, 7) is -0.158. The second-order valence-corrected chi connectivity index (χ2v) is 13.0. The molecule has 2 aliphatic rings. The number of methoxy groups -OCH3 is 1. The highest BCUT2D eigenvalue weighted by molar-refractivity contribution is 7.92. The second kappa shape index (κ2) is 11.0. The lowest BCUT2D eigenvalue weighted by Crippen LogP contribution is -2.49. The van der Waals surface area contributed by atoms with E-state index in [2.05, 4.69) is 15.6 Å². The fourth-order valence-electron chi connectivity index (χ4n) is 5.66. The largest absolute Gasteiger partial charge is 0.482 e. The SMILES string of the molecule is COc1cc(C(=O)N[C@H]2CNC[C@H](F)C2)cc2nc(-c3cc4ccc(N(C(F)F)S(C)(=O)=O)nc4n3CC3CC3)c(C)n12. The van der Waals surface area contributed by atoms with E-state index < -0.39 is 22.7 Å². The van der Waals surface area contributed by atoms with Crippen molar-refractivity contribution in [2.24, 2.45) is 5.92 Å². The van der Waals surface area contributed by atoms with Crippen LogP contribution in [0.15, 0.2) is 30.3 Å². The molecule has 1 saturated heterocycles. The summed E-state index contributed by atoms with van der Waals surface area (Å²) in [5.41, 5.74) is 3.07. The number of halogens is 3. The molecule has 1 saturated carbocycles. The van der Waals surface area contributed by atoms with Crippen molar-refractivity contribution in [2.45, 2.75) is 51.5 Å². The van der Waals surface area contributed by atoms with Crippen molar-refractivity contribution >= 4 is 38.4 Å². The summed E-state index contributed by atoms with van der Waals surface area (Å²) in [4.78, 5) is 22.4. The molecule has 230 valence electrons. The molecule has 6 rings (SSSR count). The number of aryl methyl sites for hydroxylation is 1. The molecule has 0 radical (unpaired) electrons. The lowest BCUT2D eigenvalue weighted by atomic mass is 10.1. The predicted octanol–water partition coefficient (Wildman–Crippen LogP) is 3.50. The van der Waals surface area contributed by atoms with Gasteiger partial charge in [-0.15, -0.1) is 0 Å². The van der Waals surface area contributed by atoms with Crippen molar-refractivity contribution in [3.8, 4) is 17.3 Å². The third kappa shape index (κ3) is 5.62. The van der Waals surface area contributed by atoms with E-state index in [1.54, 1.807) is 22.6 Å². The number of rotatable bonds is 9. The number of amides is 1. The first-order valence-electron chi connectivity index (χ1n) is 14.0. The average molecular weight is 620 g/mol. The molecule has 15 heteroatoms. The van der Waals surface area contributed by atoms with Crippen molar-refractivity contribution in [1.29, 1.82) is 0 Å². The zero-order valence-electron chi connectivity index (χ0n) is 23.8. The van der Waals surface area contributed by atoms with Gasteiger partial charge in [0.1, 0.15) is 29.0 Å². The molecule has 4 aromatic heterocycles. The number of alkyl halides is 3. The summed E-state index contributed by atoms with van der Waals surface area (Å²) in [6, 6.07) is 7.56. The molecule has 4 aromatic rings. The summed E-state index contributed by atoms with van der Waals surface area (Å²) in [5.74, 6) is -0.0164. The number of hydrogen-bond acceptors (Lipinski definition) is 7. The Bertz CT molecular complexity index is 1820. The molecular formula is C28H32F3N7O4S. The van der Waals surface area contributed by atoms with Crippen LogP contribution in [-0.4, -0.2) is 78.5 Å². The van der Waals surface area contributed by atoms with Crippen LogP contribution in [0.25, 0.3) is 28.1 Å². The lowest BCUT2D eigenvalue weighted by Gasteiger charge is -2.26. The van der Waals surface area contributed by atoms with Crippen molar-refractivity contribution in [3.05, 3.63) is 41.6 Å². The Morgan fingerprint density at radius 3 is 2.63 bits per heavy atom. The quantitative estimate of drug-likeness (QED) is 0.275. The number of nitrogens with one attached hydrogen (secondary N) is 2. The fourth-order valence-corrected chi connectivity index (χ4v) is 6.39. The van der Waals surface area contributed by atoms with Crippen LogP contribution in [0.5, 0.6) is 5.88 Å². The Hall–Kier alpha value is -3.85. The van der Waals surface area contributed by atoms with Gasteiger partial charge >= 0.3 is 6.55 Å². The second-order valence-electron chi connectivity index (χ2n) is 11.2. The molecule has 0 aromatic carbocycles. The summed E-state index contributed by atoms with van der Waals surface area (Å²) in [5, 5.41) is 6.48. The predicted molar refractivity (Wildman–Crippen MR) is 155 cm³/mol. The zero-order chi connectivity index (χ0) is 30.6. The maximum Gasteiger partial charge on any atom is 0.329 e. The van der Waals surface area contributed by atoms with E-state index in [0.29, 0.717) is 70.5 Å². The number of imidazole rings is 1. The smallest absolute Gasteiger partial charge is 0.329 e. The Kier molecular flexibility index (Phi) is 7.49. The van der Waals surface area contributed by atoms with Gasteiger partial charge in [0, 0.05) is 49.1 Å². The van der Waals surface area contributed by atoms with Gasteiger partial charge < -0.3 is 19.9 Å².